The van der Waals surface area contributed by atoms with Gasteiger partial charge in [0.05, 0.1) is 16.8 Å². The van der Waals surface area contributed by atoms with Gasteiger partial charge in [-0.2, -0.15) is 18.4 Å². The average molecular weight is 282 g/mol. The summed E-state index contributed by atoms with van der Waals surface area (Å²) < 4.78 is 37.7. The van der Waals surface area contributed by atoms with Crippen LogP contribution in [0.4, 0.5) is 18.9 Å². The summed E-state index contributed by atoms with van der Waals surface area (Å²) in [6, 6.07) is 3.96. The number of nitriles is 1. The number of imide groups is 1. The van der Waals surface area contributed by atoms with Crippen molar-refractivity contribution in [1.29, 1.82) is 5.26 Å². The monoisotopic (exact) mass is 282 g/mol. The molecule has 1 aromatic rings. The molecule has 0 saturated carbocycles. The van der Waals surface area contributed by atoms with Gasteiger partial charge in [-0.3, -0.25) is 9.59 Å². The largest absolute Gasteiger partial charge is 0.416 e. The van der Waals surface area contributed by atoms with Gasteiger partial charge in [-0.15, -0.1) is 0 Å². The molecular weight excluding hydrogens is 273 g/mol. The molecule has 1 saturated heterocycles. The van der Waals surface area contributed by atoms with E-state index in [0.29, 0.717) is 6.07 Å². The van der Waals surface area contributed by atoms with E-state index in [1.807, 2.05) is 0 Å². The number of rotatable bonds is 1. The van der Waals surface area contributed by atoms with Crippen molar-refractivity contribution < 1.29 is 22.8 Å². The number of amides is 2. The summed E-state index contributed by atoms with van der Waals surface area (Å²) in [6.45, 7) is 1.55. The number of alkyl halides is 3. The zero-order valence-electron chi connectivity index (χ0n) is 10.4. The first kappa shape index (κ1) is 14.1. The van der Waals surface area contributed by atoms with Crippen molar-refractivity contribution >= 4 is 17.5 Å². The van der Waals surface area contributed by atoms with E-state index < -0.39 is 29.5 Å². The molecule has 4 nitrogen and oxygen atoms in total. The topological polar surface area (TPSA) is 61.2 Å². The predicted molar refractivity (Wildman–Crippen MR) is 62.4 cm³/mol. The van der Waals surface area contributed by atoms with Gasteiger partial charge in [0.2, 0.25) is 11.8 Å². The van der Waals surface area contributed by atoms with Crippen molar-refractivity contribution in [3.63, 3.8) is 0 Å². The minimum absolute atomic E-state index is 0.00920. The van der Waals surface area contributed by atoms with Crippen LogP contribution in [0, 0.1) is 17.2 Å². The lowest BCUT2D eigenvalue weighted by Gasteiger charge is -2.17. The van der Waals surface area contributed by atoms with Crippen LogP contribution in [0.3, 0.4) is 0 Å². The molecule has 20 heavy (non-hydrogen) atoms. The highest BCUT2D eigenvalue weighted by atomic mass is 19.4. The molecular formula is C13H9F3N2O2. The molecule has 0 N–H and O–H groups in total. The molecule has 0 radical (unpaired) electrons. The quantitative estimate of drug-likeness (QED) is 0.743. The van der Waals surface area contributed by atoms with Crippen LogP contribution in [0.15, 0.2) is 18.2 Å². The molecule has 1 heterocycles. The van der Waals surface area contributed by atoms with E-state index in [-0.39, 0.29) is 17.7 Å². The maximum absolute atomic E-state index is 12.6. The SMILES string of the molecule is CC1CC(=O)N(c2ccc(C(F)(F)F)cc2C#N)C1=O. The zero-order chi connectivity index (χ0) is 15.1. The Morgan fingerprint density at radius 3 is 2.45 bits per heavy atom. The second-order valence-corrected chi connectivity index (χ2v) is 4.51. The first-order chi connectivity index (χ1) is 9.25. The molecule has 1 aromatic carbocycles. The van der Waals surface area contributed by atoms with Crippen LogP contribution in [0.25, 0.3) is 0 Å². The maximum atomic E-state index is 12.6. The first-order valence-electron chi connectivity index (χ1n) is 5.74. The van der Waals surface area contributed by atoms with Crippen LogP contribution in [-0.4, -0.2) is 11.8 Å². The smallest absolute Gasteiger partial charge is 0.274 e. The number of anilines is 1. The van der Waals surface area contributed by atoms with E-state index in [9.17, 15) is 22.8 Å². The fourth-order valence-electron chi connectivity index (χ4n) is 2.03. The highest BCUT2D eigenvalue weighted by Gasteiger charge is 2.39. The number of carbonyl (C=O) groups excluding carboxylic acids is 2. The lowest BCUT2D eigenvalue weighted by atomic mass is 10.1. The molecule has 1 aliphatic rings. The molecule has 7 heteroatoms. The van der Waals surface area contributed by atoms with Crippen molar-refractivity contribution in [2.45, 2.75) is 19.5 Å². The Kier molecular flexibility index (Phi) is 3.26. The highest BCUT2D eigenvalue weighted by molar-refractivity contribution is 6.21. The van der Waals surface area contributed by atoms with Crippen LogP contribution in [0.1, 0.15) is 24.5 Å². The van der Waals surface area contributed by atoms with Crippen LogP contribution in [0.5, 0.6) is 0 Å². The van der Waals surface area contributed by atoms with Crippen molar-refractivity contribution in [3.05, 3.63) is 29.3 Å². The highest BCUT2D eigenvalue weighted by Crippen LogP contribution is 2.34. The molecule has 1 atom stereocenters. The summed E-state index contributed by atoms with van der Waals surface area (Å²) in [6.07, 6.45) is -4.60. The fourth-order valence-corrected chi connectivity index (χ4v) is 2.03. The summed E-state index contributed by atoms with van der Waals surface area (Å²) in [5, 5.41) is 8.94. The molecule has 1 unspecified atom stereocenters. The van der Waals surface area contributed by atoms with Gasteiger partial charge in [0.15, 0.2) is 0 Å². The number of benzene rings is 1. The Balaban J connectivity index is 2.52. The minimum Gasteiger partial charge on any atom is -0.274 e. The Bertz CT molecular complexity index is 631. The molecule has 0 spiro atoms. The van der Waals surface area contributed by atoms with Gasteiger partial charge in [-0.1, -0.05) is 6.92 Å². The average Bonchev–Trinajstić information content (AvgIpc) is 2.61. The Hall–Kier alpha value is -2.36. The number of hydrogen-bond acceptors (Lipinski definition) is 3. The summed E-state index contributed by atoms with van der Waals surface area (Å²) >= 11 is 0. The van der Waals surface area contributed by atoms with E-state index in [1.165, 1.54) is 0 Å². The van der Waals surface area contributed by atoms with Gasteiger partial charge in [-0.25, -0.2) is 4.90 Å². The first-order valence-corrected chi connectivity index (χ1v) is 5.74. The van der Waals surface area contributed by atoms with Crippen molar-refractivity contribution in [2.24, 2.45) is 5.92 Å². The second-order valence-electron chi connectivity index (χ2n) is 4.51. The molecule has 2 amide bonds. The Labute approximate surface area is 112 Å². The van der Waals surface area contributed by atoms with Gasteiger partial charge >= 0.3 is 6.18 Å². The van der Waals surface area contributed by atoms with Crippen LogP contribution in [-0.2, 0) is 15.8 Å². The minimum atomic E-state index is -4.59. The zero-order valence-corrected chi connectivity index (χ0v) is 10.4. The standard InChI is InChI=1S/C13H9F3N2O2/c1-7-4-11(19)18(12(7)20)10-3-2-9(13(14,15)16)5-8(10)6-17/h2-3,5,7H,4H2,1H3. The molecule has 0 bridgehead atoms. The van der Waals surface area contributed by atoms with Crippen molar-refractivity contribution in [2.75, 3.05) is 4.90 Å². The number of carbonyl (C=O) groups is 2. The molecule has 1 aliphatic heterocycles. The van der Waals surface area contributed by atoms with E-state index in [1.54, 1.807) is 13.0 Å². The number of hydrogen-bond donors (Lipinski definition) is 0. The van der Waals surface area contributed by atoms with E-state index in [4.69, 9.17) is 5.26 Å². The van der Waals surface area contributed by atoms with Crippen LogP contribution >= 0.6 is 0 Å². The van der Waals surface area contributed by atoms with Crippen molar-refractivity contribution in [3.8, 4) is 6.07 Å². The fraction of sp³-hybridized carbons (Fsp3) is 0.308. The summed E-state index contributed by atoms with van der Waals surface area (Å²) in [7, 11) is 0. The van der Waals surface area contributed by atoms with E-state index in [0.717, 1.165) is 17.0 Å². The third-order valence-corrected chi connectivity index (χ3v) is 3.06. The molecule has 0 aliphatic carbocycles. The maximum Gasteiger partial charge on any atom is 0.416 e. The van der Waals surface area contributed by atoms with Gasteiger partial charge in [-0.05, 0) is 18.2 Å². The predicted octanol–water partition coefficient (Wildman–Crippen LogP) is 2.48. The third kappa shape index (κ3) is 2.25. The lowest BCUT2D eigenvalue weighted by molar-refractivity contribution is -0.137. The van der Waals surface area contributed by atoms with E-state index >= 15 is 0 Å². The van der Waals surface area contributed by atoms with Crippen LogP contribution < -0.4 is 4.90 Å². The molecule has 1 fully saturated rings. The molecule has 2 rings (SSSR count). The summed E-state index contributed by atoms with van der Waals surface area (Å²) in [4.78, 5) is 24.3. The van der Waals surface area contributed by atoms with Gasteiger partial charge in [0.1, 0.15) is 6.07 Å². The van der Waals surface area contributed by atoms with E-state index in [2.05, 4.69) is 0 Å². The molecule has 0 aromatic heterocycles. The number of halogens is 3. The Morgan fingerprint density at radius 2 is 2.00 bits per heavy atom. The van der Waals surface area contributed by atoms with Gasteiger partial charge < -0.3 is 0 Å². The normalized spacial score (nSPS) is 19.4. The Morgan fingerprint density at radius 1 is 1.35 bits per heavy atom. The third-order valence-electron chi connectivity index (χ3n) is 3.06. The number of nitrogens with zero attached hydrogens (tertiary/aromatic N) is 2. The van der Waals surface area contributed by atoms with Crippen molar-refractivity contribution in [1.82, 2.24) is 0 Å². The van der Waals surface area contributed by atoms with Gasteiger partial charge in [0.25, 0.3) is 0 Å². The lowest BCUT2D eigenvalue weighted by Crippen LogP contribution is -2.30. The van der Waals surface area contributed by atoms with Gasteiger partial charge in [0, 0.05) is 12.3 Å². The summed E-state index contributed by atoms with van der Waals surface area (Å²) in [5.74, 6) is -1.55. The second kappa shape index (κ2) is 4.63. The van der Waals surface area contributed by atoms with Crippen LogP contribution in [0.2, 0.25) is 0 Å². The summed E-state index contributed by atoms with van der Waals surface area (Å²) in [5.41, 5.74) is -1.44. The molecule has 104 valence electrons.